The number of hydrogen-bond donors (Lipinski definition) is 2. The Balaban J connectivity index is 1.55. The third-order valence-electron chi connectivity index (χ3n) is 4.76. The first-order valence-electron chi connectivity index (χ1n) is 9.19. The zero-order chi connectivity index (χ0) is 19.1. The molecule has 1 aliphatic rings. The van der Waals surface area contributed by atoms with Crippen LogP contribution in [0.4, 0.5) is 4.39 Å². The molecular weight excluding hydrogens is 345 g/mol. The maximum absolute atomic E-state index is 13.6. The number of nitrogens with zero attached hydrogens (tertiary/aromatic N) is 1. The van der Waals surface area contributed by atoms with E-state index in [1.54, 1.807) is 19.2 Å². The smallest absolute Gasteiger partial charge is 0.234 e. The number of nitrogens with one attached hydrogen (secondary N) is 2. The van der Waals surface area contributed by atoms with Gasteiger partial charge in [-0.1, -0.05) is 36.4 Å². The molecule has 1 heterocycles. The summed E-state index contributed by atoms with van der Waals surface area (Å²) in [6.45, 7) is 3.64. The number of amides is 1. The summed E-state index contributed by atoms with van der Waals surface area (Å²) in [5.41, 5.74) is 3.04. The van der Waals surface area contributed by atoms with Crippen LogP contribution in [0.2, 0.25) is 0 Å². The van der Waals surface area contributed by atoms with Crippen molar-refractivity contribution in [3.05, 3.63) is 71.0 Å². The van der Waals surface area contributed by atoms with E-state index in [2.05, 4.69) is 15.5 Å². The molecule has 2 N–H and O–H groups in total. The van der Waals surface area contributed by atoms with Crippen molar-refractivity contribution in [3.63, 3.8) is 0 Å². The fraction of sp³-hybridized carbons (Fsp3) is 0.381. The largest absolute Gasteiger partial charge is 0.380 e. The van der Waals surface area contributed by atoms with Crippen molar-refractivity contribution in [1.82, 2.24) is 15.5 Å². The molecule has 1 fully saturated rings. The number of hydrogen-bond acceptors (Lipinski definition) is 4. The summed E-state index contributed by atoms with van der Waals surface area (Å²) in [4.78, 5) is 14.5. The maximum Gasteiger partial charge on any atom is 0.234 e. The van der Waals surface area contributed by atoms with Crippen LogP contribution in [0.5, 0.6) is 0 Å². The summed E-state index contributed by atoms with van der Waals surface area (Å²) >= 11 is 0. The van der Waals surface area contributed by atoms with Gasteiger partial charge >= 0.3 is 0 Å². The van der Waals surface area contributed by atoms with Crippen molar-refractivity contribution in [2.24, 2.45) is 0 Å². The van der Waals surface area contributed by atoms with Gasteiger partial charge < -0.3 is 15.4 Å². The van der Waals surface area contributed by atoms with Crippen molar-refractivity contribution in [2.45, 2.75) is 19.2 Å². The van der Waals surface area contributed by atoms with Crippen LogP contribution in [-0.4, -0.2) is 44.1 Å². The number of rotatable bonds is 7. The van der Waals surface area contributed by atoms with Gasteiger partial charge in [-0.25, -0.2) is 4.39 Å². The molecule has 0 aromatic heterocycles. The fourth-order valence-electron chi connectivity index (χ4n) is 3.34. The highest BCUT2D eigenvalue weighted by Gasteiger charge is 2.25. The minimum Gasteiger partial charge on any atom is -0.380 e. The van der Waals surface area contributed by atoms with Gasteiger partial charge in [-0.15, -0.1) is 0 Å². The van der Waals surface area contributed by atoms with Crippen molar-refractivity contribution in [3.8, 4) is 0 Å². The quantitative estimate of drug-likeness (QED) is 0.784. The second-order valence-electron chi connectivity index (χ2n) is 6.77. The Labute approximate surface area is 159 Å². The molecule has 27 heavy (non-hydrogen) atoms. The number of carbonyl (C=O) groups excluding carboxylic acids is 1. The molecule has 1 atom stereocenters. The van der Waals surface area contributed by atoms with E-state index in [-0.39, 0.29) is 17.8 Å². The molecule has 144 valence electrons. The van der Waals surface area contributed by atoms with Crippen LogP contribution in [-0.2, 0) is 22.7 Å². The highest BCUT2D eigenvalue weighted by molar-refractivity contribution is 5.78. The Kier molecular flexibility index (Phi) is 6.92. The average Bonchev–Trinajstić information content (AvgIpc) is 2.68. The lowest BCUT2D eigenvalue weighted by Crippen LogP contribution is -2.49. The van der Waals surface area contributed by atoms with E-state index in [0.29, 0.717) is 26.2 Å². The van der Waals surface area contributed by atoms with E-state index >= 15 is 0 Å². The molecule has 3 rings (SSSR count). The Bertz CT molecular complexity index is 751. The number of ether oxygens (including phenoxy) is 1. The SMILES string of the molecule is COCc1ccc(CNC(=O)CN2CCNCC2c2cccc(F)c2)cc1. The molecule has 5 nitrogen and oxygen atoms in total. The van der Waals surface area contributed by atoms with Gasteiger partial charge in [-0.2, -0.15) is 0 Å². The van der Waals surface area contributed by atoms with Gasteiger partial charge in [0.25, 0.3) is 0 Å². The van der Waals surface area contributed by atoms with Crippen LogP contribution < -0.4 is 10.6 Å². The molecule has 0 bridgehead atoms. The van der Waals surface area contributed by atoms with Crippen molar-refractivity contribution < 1.29 is 13.9 Å². The van der Waals surface area contributed by atoms with E-state index < -0.39 is 0 Å². The lowest BCUT2D eigenvalue weighted by molar-refractivity contribution is -0.123. The molecule has 0 saturated carbocycles. The predicted octanol–water partition coefficient (Wildman–Crippen LogP) is 2.23. The van der Waals surface area contributed by atoms with Crippen LogP contribution in [0.15, 0.2) is 48.5 Å². The zero-order valence-corrected chi connectivity index (χ0v) is 15.6. The van der Waals surface area contributed by atoms with Crippen molar-refractivity contribution in [1.29, 1.82) is 0 Å². The second-order valence-corrected chi connectivity index (χ2v) is 6.77. The highest BCUT2D eigenvalue weighted by Crippen LogP contribution is 2.22. The molecule has 0 radical (unpaired) electrons. The molecule has 2 aromatic rings. The summed E-state index contributed by atoms with van der Waals surface area (Å²) in [5.74, 6) is -0.279. The van der Waals surface area contributed by atoms with Crippen molar-refractivity contribution >= 4 is 5.91 Å². The minimum atomic E-state index is -0.251. The molecular formula is C21H26FN3O2. The molecule has 0 spiro atoms. The van der Waals surface area contributed by atoms with E-state index in [1.165, 1.54) is 6.07 Å². The molecule has 1 unspecified atom stereocenters. The lowest BCUT2D eigenvalue weighted by Gasteiger charge is -2.36. The standard InChI is InChI=1S/C21H26FN3O2/c1-27-15-17-7-5-16(6-8-17)12-24-21(26)14-25-10-9-23-13-20(25)18-3-2-4-19(22)11-18/h2-8,11,20,23H,9-10,12-15H2,1H3,(H,24,26). The second kappa shape index (κ2) is 9.60. The monoisotopic (exact) mass is 371 g/mol. The summed E-state index contributed by atoms with van der Waals surface area (Å²) in [6.07, 6.45) is 0. The summed E-state index contributed by atoms with van der Waals surface area (Å²) in [7, 11) is 1.67. The van der Waals surface area contributed by atoms with Crippen LogP contribution in [0.25, 0.3) is 0 Å². The lowest BCUT2D eigenvalue weighted by atomic mass is 10.0. The van der Waals surface area contributed by atoms with E-state index in [4.69, 9.17) is 4.74 Å². The Morgan fingerprint density at radius 3 is 2.78 bits per heavy atom. The summed E-state index contributed by atoms with van der Waals surface area (Å²) in [6, 6.07) is 14.6. The number of benzene rings is 2. The van der Waals surface area contributed by atoms with E-state index in [0.717, 1.165) is 29.8 Å². The average molecular weight is 371 g/mol. The first-order chi connectivity index (χ1) is 13.2. The predicted molar refractivity (Wildman–Crippen MR) is 103 cm³/mol. The van der Waals surface area contributed by atoms with E-state index in [1.807, 2.05) is 30.3 Å². The van der Waals surface area contributed by atoms with Crippen LogP contribution >= 0.6 is 0 Å². The highest BCUT2D eigenvalue weighted by atomic mass is 19.1. The Hall–Kier alpha value is -2.28. The summed E-state index contributed by atoms with van der Waals surface area (Å²) < 4.78 is 18.7. The molecule has 6 heteroatoms. The molecule has 2 aromatic carbocycles. The molecule has 1 amide bonds. The van der Waals surface area contributed by atoms with Crippen LogP contribution in [0.3, 0.4) is 0 Å². The van der Waals surface area contributed by atoms with Crippen molar-refractivity contribution in [2.75, 3.05) is 33.3 Å². The first kappa shape index (κ1) is 19.5. The zero-order valence-electron chi connectivity index (χ0n) is 15.6. The molecule has 0 aliphatic carbocycles. The Morgan fingerprint density at radius 2 is 2.04 bits per heavy atom. The Morgan fingerprint density at radius 1 is 1.26 bits per heavy atom. The minimum absolute atomic E-state index is 0.00599. The number of carbonyl (C=O) groups is 1. The fourth-order valence-corrected chi connectivity index (χ4v) is 3.34. The van der Waals surface area contributed by atoms with E-state index in [9.17, 15) is 9.18 Å². The normalized spacial score (nSPS) is 17.6. The van der Waals surface area contributed by atoms with Gasteiger partial charge in [-0.05, 0) is 28.8 Å². The third-order valence-corrected chi connectivity index (χ3v) is 4.76. The molecule has 1 aliphatic heterocycles. The van der Waals surface area contributed by atoms with Gasteiger partial charge in [0, 0.05) is 39.3 Å². The van der Waals surface area contributed by atoms with Gasteiger partial charge in [-0.3, -0.25) is 9.69 Å². The van der Waals surface area contributed by atoms with Crippen LogP contribution in [0.1, 0.15) is 22.7 Å². The molecule has 1 saturated heterocycles. The maximum atomic E-state index is 13.6. The number of piperazine rings is 1. The number of halogens is 1. The van der Waals surface area contributed by atoms with Gasteiger partial charge in [0.2, 0.25) is 5.91 Å². The van der Waals surface area contributed by atoms with Gasteiger partial charge in [0.05, 0.1) is 13.2 Å². The van der Waals surface area contributed by atoms with Crippen LogP contribution in [0, 0.1) is 5.82 Å². The topological polar surface area (TPSA) is 53.6 Å². The third kappa shape index (κ3) is 5.60. The number of methoxy groups -OCH3 is 1. The first-order valence-corrected chi connectivity index (χ1v) is 9.19. The van der Waals surface area contributed by atoms with Gasteiger partial charge in [0.1, 0.15) is 5.82 Å². The van der Waals surface area contributed by atoms with Gasteiger partial charge in [0.15, 0.2) is 0 Å². The summed E-state index contributed by atoms with van der Waals surface area (Å²) in [5, 5.41) is 6.30.